The van der Waals surface area contributed by atoms with Crippen molar-refractivity contribution in [1.29, 1.82) is 0 Å². The first-order chi connectivity index (χ1) is 13.5. The summed E-state index contributed by atoms with van der Waals surface area (Å²) in [6.07, 6.45) is 1.30. The molecule has 3 aromatic rings. The number of benzene rings is 2. The Morgan fingerprint density at radius 2 is 1.54 bits per heavy atom. The smallest absolute Gasteiger partial charge is 0.229 e. The van der Waals surface area contributed by atoms with Crippen molar-refractivity contribution < 1.29 is 4.79 Å². The number of ketones is 1. The number of nitrogens with zero attached hydrogens (tertiary/aromatic N) is 2. The molecule has 1 atom stereocenters. The lowest BCUT2D eigenvalue weighted by molar-refractivity contribution is 0.0953. The van der Waals surface area contributed by atoms with Gasteiger partial charge in [0.25, 0.3) is 0 Å². The van der Waals surface area contributed by atoms with Crippen LogP contribution in [-0.2, 0) is 6.42 Å². The van der Waals surface area contributed by atoms with Gasteiger partial charge in [-0.15, -0.1) is 0 Å². The molecule has 1 heterocycles. The molecule has 5 heteroatoms. The molecule has 0 amide bonds. The van der Waals surface area contributed by atoms with Crippen molar-refractivity contribution in [1.82, 2.24) is 9.97 Å². The summed E-state index contributed by atoms with van der Waals surface area (Å²) in [4.78, 5) is 22.1. The third-order valence-electron chi connectivity index (χ3n) is 4.89. The van der Waals surface area contributed by atoms with E-state index in [4.69, 9.17) is 0 Å². The van der Waals surface area contributed by atoms with Crippen molar-refractivity contribution in [3.05, 3.63) is 70.9 Å². The van der Waals surface area contributed by atoms with Crippen molar-refractivity contribution in [2.24, 2.45) is 5.92 Å². The number of hydrogen-bond donors (Lipinski definition) is 2. The van der Waals surface area contributed by atoms with Gasteiger partial charge in [0, 0.05) is 17.8 Å². The summed E-state index contributed by atoms with van der Waals surface area (Å²) in [6.45, 7) is 6.17. The highest BCUT2D eigenvalue weighted by molar-refractivity contribution is 6.03. The van der Waals surface area contributed by atoms with Gasteiger partial charge >= 0.3 is 0 Å². The number of aromatic nitrogens is 2. The second-order valence-electron chi connectivity index (χ2n) is 7.64. The number of hydrogen-bond acceptors (Lipinski definition) is 5. The third kappa shape index (κ3) is 3.88. The maximum atomic E-state index is 12.7. The van der Waals surface area contributed by atoms with Crippen LogP contribution in [0.15, 0.2) is 48.5 Å². The van der Waals surface area contributed by atoms with E-state index < -0.39 is 0 Å². The minimum Gasteiger partial charge on any atom is -0.339 e. The zero-order chi connectivity index (χ0) is 19.7. The first kappa shape index (κ1) is 18.2. The molecular formula is C23H24N4O. The molecule has 5 nitrogen and oxygen atoms in total. The number of aryl methyl sites for hydroxylation is 2. The molecule has 1 aromatic heterocycles. The van der Waals surface area contributed by atoms with Crippen molar-refractivity contribution in [2.45, 2.75) is 33.6 Å². The predicted molar refractivity (Wildman–Crippen MR) is 113 cm³/mol. The summed E-state index contributed by atoms with van der Waals surface area (Å²) < 4.78 is 0. The van der Waals surface area contributed by atoms with Crippen LogP contribution in [-0.4, -0.2) is 15.8 Å². The van der Waals surface area contributed by atoms with E-state index in [1.165, 1.54) is 0 Å². The van der Waals surface area contributed by atoms with Crippen LogP contribution in [0, 0.1) is 19.8 Å². The summed E-state index contributed by atoms with van der Waals surface area (Å²) in [5.41, 5.74) is 5.57. The first-order valence-corrected chi connectivity index (χ1v) is 9.59. The Bertz CT molecular complexity index is 1040. The Morgan fingerprint density at radius 1 is 0.893 bits per heavy atom. The molecule has 0 radical (unpaired) electrons. The molecule has 1 aliphatic rings. The molecule has 0 saturated heterocycles. The molecule has 28 heavy (non-hydrogen) atoms. The lowest BCUT2D eigenvalue weighted by atomic mass is 9.87. The number of rotatable bonds is 4. The summed E-state index contributed by atoms with van der Waals surface area (Å²) in [5.74, 6) is 1.46. The van der Waals surface area contributed by atoms with Gasteiger partial charge in [0.1, 0.15) is 5.82 Å². The fourth-order valence-corrected chi connectivity index (χ4v) is 3.63. The normalized spacial score (nSPS) is 15.8. The van der Waals surface area contributed by atoms with Crippen molar-refractivity contribution in [3.63, 3.8) is 0 Å². The SMILES string of the molecule is Cc1cccc(Nc2nc3c(c(Nc4cccc(C)c4)n2)C(=O)CC(C)C3)c1. The van der Waals surface area contributed by atoms with Gasteiger partial charge in [-0.1, -0.05) is 31.2 Å². The van der Waals surface area contributed by atoms with Crippen LogP contribution in [0.4, 0.5) is 23.1 Å². The third-order valence-corrected chi connectivity index (χ3v) is 4.89. The summed E-state index contributed by atoms with van der Waals surface area (Å²) in [7, 11) is 0. The van der Waals surface area contributed by atoms with Gasteiger partial charge in [0.15, 0.2) is 5.78 Å². The van der Waals surface area contributed by atoms with E-state index in [1.807, 2.05) is 62.4 Å². The van der Waals surface area contributed by atoms with Gasteiger partial charge in [-0.05, 0) is 61.6 Å². The Labute approximate surface area is 165 Å². The van der Waals surface area contributed by atoms with Gasteiger partial charge in [-0.25, -0.2) is 4.98 Å². The summed E-state index contributed by atoms with van der Waals surface area (Å²) in [6, 6.07) is 16.1. The molecule has 0 fully saturated rings. The minimum atomic E-state index is 0.103. The number of nitrogens with one attached hydrogen (secondary N) is 2. The largest absolute Gasteiger partial charge is 0.339 e. The average Bonchev–Trinajstić information content (AvgIpc) is 2.61. The van der Waals surface area contributed by atoms with E-state index >= 15 is 0 Å². The molecular weight excluding hydrogens is 348 g/mol. The van der Waals surface area contributed by atoms with Crippen LogP contribution in [0.5, 0.6) is 0 Å². The fraction of sp³-hybridized carbons (Fsp3) is 0.261. The van der Waals surface area contributed by atoms with Crippen LogP contribution in [0.2, 0.25) is 0 Å². The van der Waals surface area contributed by atoms with E-state index in [1.54, 1.807) is 0 Å². The molecule has 0 saturated carbocycles. The van der Waals surface area contributed by atoms with E-state index in [0.717, 1.165) is 34.6 Å². The van der Waals surface area contributed by atoms with Crippen LogP contribution in [0.25, 0.3) is 0 Å². The van der Waals surface area contributed by atoms with E-state index in [-0.39, 0.29) is 11.7 Å². The molecule has 0 spiro atoms. The zero-order valence-corrected chi connectivity index (χ0v) is 16.4. The number of Topliss-reactive ketones (excluding diaryl/α,β-unsaturated/α-hetero) is 1. The van der Waals surface area contributed by atoms with Crippen LogP contribution < -0.4 is 10.6 Å². The topological polar surface area (TPSA) is 66.9 Å². The number of anilines is 4. The fourth-order valence-electron chi connectivity index (χ4n) is 3.63. The maximum Gasteiger partial charge on any atom is 0.229 e. The molecule has 1 unspecified atom stereocenters. The van der Waals surface area contributed by atoms with Crippen molar-refractivity contribution in [2.75, 3.05) is 10.6 Å². The van der Waals surface area contributed by atoms with E-state index in [2.05, 4.69) is 27.5 Å². The highest BCUT2D eigenvalue weighted by atomic mass is 16.1. The quantitative estimate of drug-likeness (QED) is 0.646. The van der Waals surface area contributed by atoms with Crippen molar-refractivity contribution in [3.8, 4) is 0 Å². The second-order valence-corrected chi connectivity index (χ2v) is 7.64. The number of carbonyl (C=O) groups is 1. The maximum absolute atomic E-state index is 12.7. The Balaban J connectivity index is 1.76. The molecule has 142 valence electrons. The summed E-state index contributed by atoms with van der Waals surface area (Å²) in [5, 5.41) is 6.63. The molecule has 2 N–H and O–H groups in total. The van der Waals surface area contributed by atoms with Crippen LogP contribution >= 0.6 is 0 Å². The lowest BCUT2D eigenvalue weighted by Crippen LogP contribution is -2.22. The van der Waals surface area contributed by atoms with Crippen LogP contribution in [0.3, 0.4) is 0 Å². The predicted octanol–water partition coefficient (Wildman–Crippen LogP) is 5.35. The van der Waals surface area contributed by atoms with Crippen molar-refractivity contribution >= 4 is 28.9 Å². The Hall–Kier alpha value is -3.21. The Morgan fingerprint density at radius 3 is 2.18 bits per heavy atom. The van der Waals surface area contributed by atoms with Gasteiger partial charge in [0.2, 0.25) is 5.95 Å². The summed E-state index contributed by atoms with van der Waals surface area (Å²) >= 11 is 0. The molecule has 1 aliphatic carbocycles. The monoisotopic (exact) mass is 372 g/mol. The second kappa shape index (κ2) is 7.43. The minimum absolute atomic E-state index is 0.103. The lowest BCUT2D eigenvalue weighted by Gasteiger charge is -2.23. The highest BCUT2D eigenvalue weighted by Crippen LogP contribution is 2.32. The standard InChI is InChI=1S/C23H24N4O/c1-14-6-4-8-17(10-14)24-22-21-19(12-16(3)13-20(21)28)26-23(27-22)25-18-9-5-7-15(2)11-18/h4-11,16H,12-13H2,1-3H3,(H2,24,25,26,27). The molecule has 0 bridgehead atoms. The average molecular weight is 372 g/mol. The molecule has 2 aromatic carbocycles. The van der Waals surface area contributed by atoms with Gasteiger partial charge in [0.05, 0.1) is 11.3 Å². The van der Waals surface area contributed by atoms with E-state index in [0.29, 0.717) is 23.8 Å². The van der Waals surface area contributed by atoms with Crippen LogP contribution in [0.1, 0.15) is 40.5 Å². The first-order valence-electron chi connectivity index (χ1n) is 9.59. The molecule has 0 aliphatic heterocycles. The number of fused-ring (bicyclic) bond motifs is 1. The number of carbonyl (C=O) groups excluding carboxylic acids is 1. The van der Waals surface area contributed by atoms with Gasteiger partial charge in [-0.3, -0.25) is 4.79 Å². The molecule has 4 rings (SSSR count). The van der Waals surface area contributed by atoms with Gasteiger partial charge < -0.3 is 10.6 Å². The Kier molecular flexibility index (Phi) is 4.82. The van der Waals surface area contributed by atoms with E-state index in [9.17, 15) is 4.79 Å². The highest BCUT2D eigenvalue weighted by Gasteiger charge is 2.28. The van der Waals surface area contributed by atoms with Gasteiger partial charge in [-0.2, -0.15) is 4.98 Å². The zero-order valence-electron chi connectivity index (χ0n) is 16.4.